The molecule has 0 bridgehead atoms. The summed E-state index contributed by atoms with van der Waals surface area (Å²) < 4.78 is 7.07. The van der Waals surface area contributed by atoms with Gasteiger partial charge in [-0.2, -0.15) is 0 Å². The smallest absolute Gasteiger partial charge is 0.325 e. The highest BCUT2D eigenvalue weighted by Gasteiger charge is 2.15. The first-order valence-corrected chi connectivity index (χ1v) is 9.02. The van der Waals surface area contributed by atoms with Gasteiger partial charge in [0.1, 0.15) is 6.54 Å². The molecule has 4 heteroatoms. The molecule has 0 aliphatic carbocycles. The lowest BCUT2D eigenvalue weighted by molar-refractivity contribution is -0.143. The predicted octanol–water partition coefficient (Wildman–Crippen LogP) is 5.06. The van der Waals surface area contributed by atoms with Gasteiger partial charge in [-0.3, -0.25) is 4.79 Å². The third-order valence-electron chi connectivity index (χ3n) is 3.93. The van der Waals surface area contributed by atoms with Crippen LogP contribution in [0.5, 0.6) is 0 Å². The number of fused-ring (bicyclic) bond motifs is 1. The minimum absolute atomic E-state index is 0.203. The summed E-state index contributed by atoms with van der Waals surface area (Å²) in [5, 5.41) is 1.52. The first-order chi connectivity index (χ1) is 11.7. The average molecular weight is 339 g/mol. The van der Waals surface area contributed by atoms with Gasteiger partial charge in [0.25, 0.3) is 0 Å². The maximum Gasteiger partial charge on any atom is 0.325 e. The van der Waals surface area contributed by atoms with Gasteiger partial charge in [0, 0.05) is 27.2 Å². The highest BCUT2D eigenvalue weighted by molar-refractivity contribution is 7.99. The Morgan fingerprint density at radius 2 is 1.83 bits per heavy atom. The maximum absolute atomic E-state index is 11.9. The van der Waals surface area contributed by atoms with Gasteiger partial charge in [-0.1, -0.05) is 48.5 Å². The summed E-state index contributed by atoms with van der Waals surface area (Å²) in [6.45, 7) is 4.69. The van der Waals surface area contributed by atoms with E-state index in [9.17, 15) is 4.79 Å². The molecule has 0 radical (unpaired) electrons. The molecular weight excluding hydrogens is 318 g/mol. The Kier molecular flexibility index (Phi) is 5.26. The van der Waals surface area contributed by atoms with E-state index in [1.54, 1.807) is 0 Å². The van der Waals surface area contributed by atoms with E-state index in [4.69, 9.17) is 4.74 Å². The minimum Gasteiger partial charge on any atom is -0.465 e. The molecule has 0 aliphatic heterocycles. The van der Waals surface area contributed by atoms with Crippen LogP contribution in [0.25, 0.3) is 10.9 Å². The van der Waals surface area contributed by atoms with Gasteiger partial charge >= 0.3 is 5.97 Å². The fraction of sp³-hybridized carbons (Fsp3) is 0.250. The third-order valence-corrected chi connectivity index (χ3v) is 5.13. The summed E-state index contributed by atoms with van der Waals surface area (Å²) in [5.74, 6) is -0.203. The Labute approximate surface area is 146 Å². The molecule has 0 N–H and O–H groups in total. The Morgan fingerprint density at radius 3 is 2.58 bits per heavy atom. The lowest BCUT2D eigenvalue weighted by atomic mass is 10.2. The summed E-state index contributed by atoms with van der Waals surface area (Å²) in [5.41, 5.74) is 2.36. The molecule has 3 nitrogen and oxygen atoms in total. The van der Waals surface area contributed by atoms with Crippen molar-refractivity contribution < 1.29 is 9.53 Å². The van der Waals surface area contributed by atoms with Gasteiger partial charge in [-0.25, -0.2) is 0 Å². The van der Waals surface area contributed by atoms with Gasteiger partial charge in [-0.15, -0.1) is 11.8 Å². The fourth-order valence-corrected chi connectivity index (χ4v) is 3.93. The molecule has 0 fully saturated rings. The van der Waals surface area contributed by atoms with E-state index in [0.29, 0.717) is 11.9 Å². The number of para-hydroxylation sites is 1. The topological polar surface area (TPSA) is 31.2 Å². The summed E-state index contributed by atoms with van der Waals surface area (Å²) >= 11 is 1.81. The number of carbonyl (C=O) groups excluding carboxylic acids is 1. The van der Waals surface area contributed by atoms with Gasteiger partial charge < -0.3 is 9.30 Å². The van der Waals surface area contributed by atoms with E-state index < -0.39 is 0 Å². The molecule has 124 valence electrons. The van der Waals surface area contributed by atoms with Crippen LogP contribution in [0.3, 0.4) is 0 Å². The Morgan fingerprint density at radius 1 is 1.12 bits per heavy atom. The number of benzene rings is 2. The van der Waals surface area contributed by atoms with E-state index >= 15 is 0 Å². The zero-order chi connectivity index (χ0) is 16.9. The second-order valence-electron chi connectivity index (χ2n) is 5.61. The van der Waals surface area contributed by atoms with E-state index in [1.165, 1.54) is 15.8 Å². The van der Waals surface area contributed by atoms with Gasteiger partial charge in [0.05, 0.1) is 6.61 Å². The van der Waals surface area contributed by atoms with Crippen molar-refractivity contribution in [1.82, 2.24) is 4.57 Å². The van der Waals surface area contributed by atoms with E-state index in [-0.39, 0.29) is 12.5 Å². The first kappa shape index (κ1) is 16.7. The number of thioether (sulfide) groups is 1. The van der Waals surface area contributed by atoms with Crippen LogP contribution in [0.15, 0.2) is 65.7 Å². The molecule has 0 spiro atoms. The highest BCUT2D eigenvalue weighted by Crippen LogP contribution is 2.39. The van der Waals surface area contributed by atoms with Crippen molar-refractivity contribution in [3.8, 4) is 0 Å². The van der Waals surface area contributed by atoms with Gasteiger partial charge in [0.2, 0.25) is 0 Å². The zero-order valence-corrected chi connectivity index (χ0v) is 14.8. The minimum atomic E-state index is -0.203. The predicted molar refractivity (Wildman–Crippen MR) is 99.3 cm³/mol. The molecule has 0 saturated heterocycles. The number of esters is 1. The van der Waals surface area contributed by atoms with Crippen molar-refractivity contribution in [3.05, 3.63) is 66.4 Å². The molecular formula is C20H21NO2S. The number of aromatic nitrogens is 1. The first-order valence-electron chi connectivity index (χ1n) is 8.14. The molecule has 24 heavy (non-hydrogen) atoms. The van der Waals surface area contributed by atoms with Crippen LogP contribution in [0.1, 0.15) is 24.7 Å². The zero-order valence-electron chi connectivity index (χ0n) is 13.9. The normalized spacial score (nSPS) is 12.2. The largest absolute Gasteiger partial charge is 0.465 e. The van der Waals surface area contributed by atoms with Crippen LogP contribution < -0.4 is 0 Å². The van der Waals surface area contributed by atoms with E-state index in [0.717, 1.165) is 5.52 Å². The van der Waals surface area contributed by atoms with Crippen LogP contribution in [0, 0.1) is 0 Å². The van der Waals surface area contributed by atoms with Crippen molar-refractivity contribution in [3.63, 3.8) is 0 Å². The van der Waals surface area contributed by atoms with E-state index in [2.05, 4.69) is 43.5 Å². The Bertz CT molecular complexity index is 826. The fourth-order valence-electron chi connectivity index (χ4n) is 2.77. The quantitative estimate of drug-likeness (QED) is 0.465. The van der Waals surface area contributed by atoms with Gasteiger partial charge in [-0.05, 0) is 25.5 Å². The molecule has 0 amide bonds. The van der Waals surface area contributed by atoms with Crippen LogP contribution in [-0.2, 0) is 16.1 Å². The van der Waals surface area contributed by atoms with Crippen molar-refractivity contribution in [2.45, 2.75) is 30.5 Å². The Hall–Kier alpha value is -2.20. The van der Waals surface area contributed by atoms with E-state index in [1.807, 2.05) is 47.5 Å². The van der Waals surface area contributed by atoms with Crippen molar-refractivity contribution in [2.24, 2.45) is 0 Å². The lowest BCUT2D eigenvalue weighted by Crippen LogP contribution is -2.12. The maximum atomic E-state index is 11.9. The molecule has 1 unspecified atom stereocenters. The van der Waals surface area contributed by atoms with Crippen LogP contribution >= 0.6 is 11.8 Å². The molecule has 3 rings (SSSR count). The monoisotopic (exact) mass is 339 g/mol. The molecule has 3 aromatic rings. The summed E-state index contributed by atoms with van der Waals surface area (Å²) in [7, 11) is 0. The summed E-state index contributed by atoms with van der Waals surface area (Å²) in [6.07, 6.45) is 2.06. The van der Waals surface area contributed by atoms with Crippen LogP contribution in [-0.4, -0.2) is 17.1 Å². The molecule has 0 saturated carbocycles. The third kappa shape index (κ3) is 3.65. The number of hydrogen-bond acceptors (Lipinski definition) is 3. The van der Waals surface area contributed by atoms with Crippen LogP contribution in [0.2, 0.25) is 0 Å². The molecule has 1 aromatic heterocycles. The summed E-state index contributed by atoms with van der Waals surface area (Å²) in [6, 6.07) is 18.7. The van der Waals surface area contributed by atoms with Crippen molar-refractivity contribution in [2.75, 3.05) is 6.61 Å². The molecule has 1 heterocycles. The average Bonchev–Trinajstić information content (AvgIpc) is 2.94. The number of nitrogens with zero attached hydrogens (tertiary/aromatic N) is 1. The van der Waals surface area contributed by atoms with Crippen molar-refractivity contribution in [1.29, 1.82) is 0 Å². The lowest BCUT2D eigenvalue weighted by Gasteiger charge is -2.10. The van der Waals surface area contributed by atoms with Gasteiger partial charge in [0.15, 0.2) is 0 Å². The number of rotatable bonds is 6. The highest BCUT2D eigenvalue weighted by atomic mass is 32.2. The number of hydrogen-bond donors (Lipinski definition) is 0. The summed E-state index contributed by atoms with van der Waals surface area (Å²) in [4.78, 5) is 13.0. The Balaban J connectivity index is 1.89. The number of ether oxygens (including phenoxy) is 1. The molecule has 0 aliphatic rings. The second kappa shape index (κ2) is 7.58. The number of carbonyl (C=O) groups is 1. The molecule has 1 atom stereocenters. The SMILES string of the molecule is CCOC(=O)Cn1cc(SC(C)c2ccccc2)c2ccccc21. The standard InChI is InChI=1S/C20H21NO2S/c1-3-23-20(22)14-21-13-19(17-11-7-8-12-18(17)21)24-15(2)16-9-5-4-6-10-16/h4-13,15H,3,14H2,1-2H3. The van der Waals surface area contributed by atoms with Crippen LogP contribution in [0.4, 0.5) is 0 Å². The van der Waals surface area contributed by atoms with Crippen molar-refractivity contribution >= 4 is 28.6 Å². The second-order valence-corrected chi connectivity index (χ2v) is 7.00. The molecule has 2 aromatic carbocycles.